The van der Waals surface area contributed by atoms with Gasteiger partial charge in [-0.15, -0.1) is 0 Å². The normalized spacial score (nSPS) is 29.8. The molecule has 2 aliphatic rings. The molecule has 2 heterocycles. The molecule has 0 aliphatic carbocycles. The van der Waals surface area contributed by atoms with Crippen molar-refractivity contribution in [2.75, 3.05) is 0 Å². The standard InChI is InChI=1S/C13H14BrNO4S/c14-8-1-4-10(5-2-8)20(18,19)15-9-3-6-12(15)11(7-9)13(16)17/h1-2,4-5,9,11-12H,3,6-7H2,(H,16,17). The number of fused-ring (bicyclic) bond motifs is 2. The highest BCUT2D eigenvalue weighted by molar-refractivity contribution is 9.10. The fourth-order valence-electron chi connectivity index (χ4n) is 3.31. The summed E-state index contributed by atoms with van der Waals surface area (Å²) in [7, 11) is -3.61. The Morgan fingerprint density at radius 3 is 2.45 bits per heavy atom. The molecule has 0 amide bonds. The molecule has 5 nitrogen and oxygen atoms in total. The molecule has 1 N–H and O–H groups in total. The zero-order valence-corrected chi connectivity index (χ0v) is 13.0. The third-order valence-electron chi connectivity index (χ3n) is 4.18. The van der Waals surface area contributed by atoms with Crippen molar-refractivity contribution in [3.63, 3.8) is 0 Å². The van der Waals surface area contributed by atoms with E-state index >= 15 is 0 Å². The first-order valence-corrected chi connectivity index (χ1v) is 8.66. The van der Waals surface area contributed by atoms with E-state index in [2.05, 4.69) is 15.9 Å². The zero-order valence-electron chi connectivity index (χ0n) is 10.6. The van der Waals surface area contributed by atoms with Crippen molar-refractivity contribution in [1.29, 1.82) is 0 Å². The van der Waals surface area contributed by atoms with Crippen LogP contribution < -0.4 is 0 Å². The van der Waals surface area contributed by atoms with Crippen LogP contribution in [-0.2, 0) is 14.8 Å². The van der Waals surface area contributed by atoms with Crippen LogP contribution in [0.4, 0.5) is 0 Å². The fraction of sp³-hybridized carbons (Fsp3) is 0.462. The van der Waals surface area contributed by atoms with Crippen LogP contribution in [0.1, 0.15) is 19.3 Å². The predicted molar refractivity (Wildman–Crippen MR) is 75.7 cm³/mol. The predicted octanol–water partition coefficient (Wildman–Crippen LogP) is 2.08. The molecule has 3 unspecified atom stereocenters. The first-order valence-electron chi connectivity index (χ1n) is 6.43. The monoisotopic (exact) mass is 359 g/mol. The van der Waals surface area contributed by atoms with Crippen LogP contribution in [0.25, 0.3) is 0 Å². The van der Waals surface area contributed by atoms with E-state index in [0.717, 1.165) is 10.9 Å². The number of halogens is 1. The van der Waals surface area contributed by atoms with Crippen molar-refractivity contribution >= 4 is 31.9 Å². The second kappa shape index (κ2) is 4.82. The Hall–Kier alpha value is -0.920. The maximum atomic E-state index is 12.7. The third-order valence-corrected chi connectivity index (χ3v) is 6.70. The van der Waals surface area contributed by atoms with Crippen LogP contribution in [0, 0.1) is 5.92 Å². The number of hydrogen-bond acceptors (Lipinski definition) is 3. The van der Waals surface area contributed by atoms with Crippen molar-refractivity contribution in [3.8, 4) is 0 Å². The highest BCUT2D eigenvalue weighted by atomic mass is 79.9. The van der Waals surface area contributed by atoms with Gasteiger partial charge in [0.2, 0.25) is 10.0 Å². The minimum atomic E-state index is -3.61. The number of hydrogen-bond donors (Lipinski definition) is 1. The summed E-state index contributed by atoms with van der Waals surface area (Å²) in [4.78, 5) is 11.4. The molecule has 2 aliphatic heterocycles. The minimum absolute atomic E-state index is 0.172. The molecule has 3 atom stereocenters. The van der Waals surface area contributed by atoms with Gasteiger partial charge in [0.05, 0.1) is 10.8 Å². The lowest BCUT2D eigenvalue weighted by molar-refractivity contribution is -0.142. The van der Waals surface area contributed by atoms with Gasteiger partial charge in [0.15, 0.2) is 0 Å². The summed E-state index contributed by atoms with van der Waals surface area (Å²) in [6.45, 7) is 0. The number of aliphatic carboxylic acids is 1. The SMILES string of the molecule is O=C(O)C1CC2CCC1N2S(=O)(=O)c1ccc(Br)cc1. The van der Waals surface area contributed by atoms with Gasteiger partial charge in [0.25, 0.3) is 0 Å². The second-order valence-corrected chi connectivity index (χ2v) is 8.03. The number of carbonyl (C=O) groups is 1. The quantitative estimate of drug-likeness (QED) is 0.896. The summed E-state index contributed by atoms with van der Waals surface area (Å²) < 4.78 is 27.6. The van der Waals surface area contributed by atoms with Crippen LogP contribution in [0.2, 0.25) is 0 Å². The summed E-state index contributed by atoms with van der Waals surface area (Å²) in [6, 6.07) is 5.89. The molecule has 2 bridgehead atoms. The van der Waals surface area contributed by atoms with E-state index in [1.807, 2.05) is 0 Å². The molecule has 2 fully saturated rings. The van der Waals surface area contributed by atoms with Crippen molar-refractivity contribution < 1.29 is 18.3 Å². The van der Waals surface area contributed by atoms with E-state index in [0.29, 0.717) is 12.8 Å². The van der Waals surface area contributed by atoms with Crippen molar-refractivity contribution in [2.24, 2.45) is 5.92 Å². The van der Waals surface area contributed by atoms with Gasteiger partial charge in [0.1, 0.15) is 0 Å². The molecular formula is C13H14BrNO4S. The molecule has 0 aromatic heterocycles. The molecular weight excluding hydrogens is 346 g/mol. The molecule has 20 heavy (non-hydrogen) atoms. The zero-order chi connectivity index (χ0) is 14.5. The van der Waals surface area contributed by atoms with E-state index in [-0.39, 0.29) is 10.9 Å². The Labute approximate surface area is 125 Å². The van der Waals surface area contributed by atoms with Gasteiger partial charge in [0, 0.05) is 16.6 Å². The molecule has 108 valence electrons. The van der Waals surface area contributed by atoms with Crippen LogP contribution in [0.5, 0.6) is 0 Å². The Morgan fingerprint density at radius 1 is 1.25 bits per heavy atom. The van der Waals surface area contributed by atoms with Gasteiger partial charge in [-0.25, -0.2) is 8.42 Å². The van der Waals surface area contributed by atoms with Crippen LogP contribution in [0.3, 0.4) is 0 Å². The summed E-state index contributed by atoms with van der Waals surface area (Å²) in [5.41, 5.74) is 0. The van der Waals surface area contributed by atoms with Crippen LogP contribution >= 0.6 is 15.9 Å². The largest absolute Gasteiger partial charge is 0.481 e. The van der Waals surface area contributed by atoms with Crippen molar-refractivity contribution in [3.05, 3.63) is 28.7 Å². The van der Waals surface area contributed by atoms with Crippen molar-refractivity contribution in [1.82, 2.24) is 4.31 Å². The molecule has 3 rings (SSSR count). The number of carboxylic acid groups (broad SMARTS) is 1. The topological polar surface area (TPSA) is 74.7 Å². The lowest BCUT2D eigenvalue weighted by Gasteiger charge is -2.22. The summed E-state index contributed by atoms with van der Waals surface area (Å²) >= 11 is 3.27. The van der Waals surface area contributed by atoms with Gasteiger partial charge in [-0.05, 0) is 43.5 Å². The van der Waals surface area contributed by atoms with Gasteiger partial charge in [-0.3, -0.25) is 4.79 Å². The lowest BCUT2D eigenvalue weighted by atomic mass is 9.89. The molecule has 0 radical (unpaired) electrons. The van der Waals surface area contributed by atoms with E-state index in [1.165, 1.54) is 4.31 Å². The van der Waals surface area contributed by atoms with E-state index in [9.17, 15) is 18.3 Å². The Morgan fingerprint density at radius 2 is 1.90 bits per heavy atom. The summed E-state index contributed by atoms with van der Waals surface area (Å²) in [5.74, 6) is -1.47. The van der Waals surface area contributed by atoms with Gasteiger partial charge >= 0.3 is 5.97 Å². The Kier molecular flexibility index (Phi) is 3.38. The highest BCUT2D eigenvalue weighted by Gasteiger charge is 2.54. The second-order valence-electron chi connectivity index (χ2n) is 5.27. The Bertz CT molecular complexity index is 643. The van der Waals surface area contributed by atoms with E-state index < -0.39 is 28.0 Å². The van der Waals surface area contributed by atoms with Gasteiger partial charge < -0.3 is 5.11 Å². The molecule has 2 saturated heterocycles. The minimum Gasteiger partial charge on any atom is -0.481 e. The fourth-order valence-corrected chi connectivity index (χ4v) is 5.49. The number of carboxylic acids is 1. The van der Waals surface area contributed by atoms with Crippen molar-refractivity contribution in [2.45, 2.75) is 36.2 Å². The average Bonchev–Trinajstić information content (AvgIpc) is 2.97. The number of nitrogens with zero attached hydrogens (tertiary/aromatic N) is 1. The van der Waals surface area contributed by atoms with Crippen LogP contribution in [0.15, 0.2) is 33.6 Å². The molecule has 0 saturated carbocycles. The molecule has 1 aromatic rings. The maximum absolute atomic E-state index is 12.7. The average molecular weight is 360 g/mol. The molecule has 0 spiro atoms. The van der Waals surface area contributed by atoms with E-state index in [4.69, 9.17) is 0 Å². The maximum Gasteiger partial charge on any atom is 0.308 e. The number of benzene rings is 1. The van der Waals surface area contributed by atoms with Crippen LogP contribution in [-0.4, -0.2) is 35.9 Å². The van der Waals surface area contributed by atoms with E-state index in [1.54, 1.807) is 24.3 Å². The summed E-state index contributed by atoms with van der Waals surface area (Å²) in [5, 5.41) is 9.20. The first kappa shape index (κ1) is 14.0. The lowest BCUT2D eigenvalue weighted by Crippen LogP contribution is -2.37. The molecule has 7 heteroatoms. The first-order chi connectivity index (χ1) is 9.41. The Balaban J connectivity index is 1.97. The smallest absolute Gasteiger partial charge is 0.308 e. The van der Waals surface area contributed by atoms with Gasteiger partial charge in [-0.2, -0.15) is 4.31 Å². The highest BCUT2D eigenvalue weighted by Crippen LogP contribution is 2.45. The number of rotatable bonds is 3. The molecule has 1 aromatic carbocycles. The van der Waals surface area contributed by atoms with Gasteiger partial charge in [-0.1, -0.05) is 15.9 Å². The summed E-state index contributed by atoms with van der Waals surface area (Å²) in [6.07, 6.45) is 1.82. The third kappa shape index (κ3) is 2.08. The number of sulfonamides is 1.